The van der Waals surface area contributed by atoms with E-state index in [-0.39, 0.29) is 11.3 Å². The summed E-state index contributed by atoms with van der Waals surface area (Å²) in [7, 11) is 183. The van der Waals surface area contributed by atoms with Crippen LogP contribution in [-0.4, -0.2) is 432 Å². The van der Waals surface area contributed by atoms with Crippen molar-refractivity contribution in [3.8, 4) is 5.75 Å². The first-order valence-corrected chi connectivity index (χ1v) is 28.7. The van der Waals surface area contributed by atoms with Crippen LogP contribution in [-0.2, 0) is 6.42 Å². The Labute approximate surface area is 558 Å². The van der Waals surface area contributed by atoms with Crippen molar-refractivity contribution < 1.29 is 9.90 Å². The van der Waals surface area contributed by atoms with Gasteiger partial charge in [0.25, 0.3) is 5.91 Å². The smallest absolute Gasteiger partial charge is 0.253 e. The number of benzene rings is 2. The molecule has 0 unspecified atom stereocenters. The average Bonchev–Trinajstić information content (AvgIpc) is 1.39. The Bertz CT molecular complexity index is 2130. The van der Waals surface area contributed by atoms with E-state index in [0.717, 1.165) is 56.1 Å². The number of allylic oxidation sites excluding steroid dienone is 1. The van der Waals surface area contributed by atoms with Gasteiger partial charge in [0.2, 0.25) is 0 Å². The normalized spacial score (nSPS) is 12.4. The lowest BCUT2D eigenvalue weighted by molar-refractivity contribution is 0.0773. The first-order valence-electron chi connectivity index (χ1n) is 28.7. The number of nitrogens with one attached hydrogen (secondary N) is 1. The molecule has 4 rings (SSSR count). The van der Waals surface area contributed by atoms with Crippen LogP contribution in [0.4, 0.5) is 0 Å². The number of hydrogen-bond acceptors (Lipinski definition) is 3. The monoisotopic (exact) mass is 996 g/mol. The van der Waals surface area contributed by atoms with Crippen molar-refractivity contribution in [2.75, 3.05) is 26.2 Å². The second-order valence-corrected chi connectivity index (χ2v) is 23.4. The maximum atomic E-state index is 12.7. The maximum absolute atomic E-state index is 12.7. The molecule has 0 atom stereocenters. The van der Waals surface area contributed by atoms with Crippen molar-refractivity contribution >= 4 is 401 Å². The zero-order valence-corrected chi connectivity index (χ0v) is 49.1. The van der Waals surface area contributed by atoms with Crippen molar-refractivity contribution in [1.29, 1.82) is 0 Å². The molecule has 4 nitrogen and oxygen atoms in total. The summed E-state index contributed by atoms with van der Waals surface area (Å²) < 4.78 is 0. The van der Waals surface area contributed by atoms with Gasteiger partial charge in [0.15, 0.2) is 0 Å². The topological polar surface area (TPSA) is 52.6 Å². The summed E-state index contributed by atoms with van der Waals surface area (Å²) in [5.74, 6) is 0.401. The predicted octanol–water partition coefficient (Wildman–Crippen LogP) is -16.7. The molecular weight excluding hydrogens is 955 g/mol. The van der Waals surface area contributed by atoms with E-state index in [9.17, 15) is 9.90 Å². The van der Waals surface area contributed by atoms with Gasteiger partial charge in [-0.1, -0.05) is 30.3 Å². The molecule has 0 aromatic heterocycles. The first-order chi connectivity index (χ1) is 39.1. The molecule has 1 aliphatic heterocycles. The number of hydrogen-bond donors (Lipinski definition) is 2. The van der Waals surface area contributed by atoms with Gasteiger partial charge in [-0.15, -0.1) is 0 Å². The Morgan fingerprint density at radius 3 is 1.08 bits per heavy atom. The van der Waals surface area contributed by atoms with E-state index in [1.54, 1.807) is 6.07 Å². The molecule has 1 heterocycles. The van der Waals surface area contributed by atoms with Crippen molar-refractivity contribution in [2.45, 2.75) is 33.1 Å². The predicted molar refractivity (Wildman–Crippen MR) is 434 cm³/mol. The van der Waals surface area contributed by atoms with Crippen molar-refractivity contribution in [3.05, 3.63) is 70.8 Å². The fourth-order valence-corrected chi connectivity index (χ4v) is 14.2. The molecule has 317 valence electrons. The molecule has 1 fully saturated rings. The van der Waals surface area contributed by atoms with Gasteiger partial charge in [-0.2, -0.15) is 0 Å². The number of phenolic OH excluding ortho intramolecular Hbond substituents is 1. The van der Waals surface area contributed by atoms with E-state index in [1.165, 1.54) is 5.56 Å². The van der Waals surface area contributed by atoms with Crippen molar-refractivity contribution in [3.63, 3.8) is 0 Å². The number of aromatic hydroxyl groups is 1. The standard InChI is InChI=1S/C25H30N2O2.B55/c1-3-27(4-2)24(29)19-10-8-18(9-11-19)21-17-25(12-14-26-15-13-25)16-20-6-5-7-22(28)23(20)21;1-29-43(28)50(42(26)27)54(51(44(30(2)3)31(4)5)45(32(6)7)33(8)9)55(52(46(34(10)11)35(12)13)47(36(14)15)37(16)17)53(48(38(18)19)39(20)21)49(40(22)23)41(24)25/h5-11,17,26,28H,3-4,12-16H2,1-2H3;. The third-order valence-electron chi connectivity index (χ3n) is 17.8. The van der Waals surface area contributed by atoms with Crippen LogP contribution in [0, 0.1) is 5.41 Å². The van der Waals surface area contributed by atoms with Gasteiger partial charge in [0.1, 0.15) is 5.75 Å². The van der Waals surface area contributed by atoms with Crippen LogP contribution in [0.2, 0.25) is 0 Å². The summed E-state index contributed by atoms with van der Waals surface area (Å²) in [6.45, 7) is 7.46. The summed E-state index contributed by atoms with van der Waals surface area (Å²) in [5.41, 5.74) is 5.15. The SMILES string of the molecule is CCN(CC)C(=O)c1ccc(C2=CC3(CCNCC3)Cc3cccc(O)c32)cc1.[B][B]B([B])B(B([B])[B])B(B(B(B([B])[B])B([B])[B])B(B([B])[B])B([B])[B])B(B(B(B([B])[B])B([B])[B])B(B([B])[B])B([B])[B])B(B(B([B])[B])B([B])[B])B(B([B])[B])B([B])[B]. The summed E-state index contributed by atoms with van der Waals surface area (Å²) in [4.78, 5) is 14.5. The summed E-state index contributed by atoms with van der Waals surface area (Å²) in [6, 6.07) is 13.7. The Morgan fingerprint density at radius 2 is 0.786 bits per heavy atom. The van der Waals surface area contributed by atoms with Gasteiger partial charge < -0.3 is 15.3 Å². The number of piperidine rings is 1. The number of fused-ring (bicyclic) bond motifs is 1. The molecule has 84 heavy (non-hydrogen) atoms. The van der Waals surface area contributed by atoms with E-state index in [1.807, 2.05) is 49.1 Å². The lowest BCUT2D eigenvalue weighted by atomic mass is 8.23. The van der Waals surface area contributed by atoms with Crippen LogP contribution in [0.15, 0.2) is 48.5 Å². The van der Waals surface area contributed by atoms with Gasteiger partial charge in [0.05, 0.1) is 0 Å². The lowest BCUT2D eigenvalue weighted by Gasteiger charge is -2.58. The Balaban J connectivity index is 0.000000525. The molecule has 1 saturated heterocycles. The van der Waals surface area contributed by atoms with Crippen LogP contribution < -0.4 is 5.32 Å². The molecule has 2 aliphatic rings. The van der Waals surface area contributed by atoms with Gasteiger partial charge >= 0.3 is 0 Å². The van der Waals surface area contributed by atoms with E-state index in [4.69, 9.17) is 217 Å². The number of carbonyl (C=O) groups excluding carboxylic acids is 1. The average molecular weight is 985 g/mol. The molecule has 1 amide bonds. The second kappa shape index (κ2) is 36.4. The second-order valence-electron chi connectivity index (χ2n) is 23.4. The van der Waals surface area contributed by atoms with E-state index < -0.39 is 166 Å². The Morgan fingerprint density at radius 1 is 0.476 bits per heavy atom. The first kappa shape index (κ1) is 79.2. The molecule has 1 aliphatic carbocycles. The molecule has 1 spiro atoms. The van der Waals surface area contributed by atoms with E-state index >= 15 is 0 Å². The Kier molecular flexibility index (Phi) is 34.4. The number of phenols is 1. The molecule has 2 N–H and O–H groups in total. The minimum absolute atomic E-state index is 0.0669. The molecule has 0 saturated carbocycles. The zero-order chi connectivity index (χ0) is 64.2. The highest BCUT2D eigenvalue weighted by Crippen LogP contribution is 2.47. The summed E-state index contributed by atoms with van der Waals surface area (Å²) >= 11 is 0. The molecule has 2 aromatic rings. The highest BCUT2D eigenvalue weighted by atomic mass is 16.3. The van der Waals surface area contributed by atoms with Gasteiger partial charge in [0, 0.05) is 414 Å². The molecule has 59 heteroatoms. The molecular formula is C25H30B55N2O2. The van der Waals surface area contributed by atoms with Crippen LogP contribution in [0.25, 0.3) is 5.57 Å². The maximum Gasteiger partial charge on any atom is 0.253 e. The summed E-state index contributed by atoms with van der Waals surface area (Å²) in [5, 5.41) is 14.1. The van der Waals surface area contributed by atoms with Crippen LogP contribution in [0.1, 0.15) is 53.7 Å². The van der Waals surface area contributed by atoms with Gasteiger partial charge in [-0.05, 0) is 86.5 Å². The zero-order valence-electron chi connectivity index (χ0n) is 49.1. The van der Waals surface area contributed by atoms with Crippen LogP contribution in [0.5, 0.6) is 5.75 Å². The summed E-state index contributed by atoms with van der Waals surface area (Å²) in [6.07, 6.45) is -29.2. The van der Waals surface area contributed by atoms with Crippen LogP contribution >= 0.6 is 0 Å². The van der Waals surface area contributed by atoms with Gasteiger partial charge in [-0.25, -0.2) is 0 Å². The van der Waals surface area contributed by atoms with E-state index in [0.29, 0.717) is 24.4 Å². The quantitative estimate of drug-likeness (QED) is 0.0767. The highest BCUT2D eigenvalue weighted by Gasteiger charge is 2.61. The minimum Gasteiger partial charge on any atom is -0.507 e. The highest BCUT2D eigenvalue weighted by molar-refractivity contribution is 8.36. The molecule has 57 radical (unpaired) electrons. The Hall–Kier alpha value is 0.981. The number of amides is 1. The van der Waals surface area contributed by atoms with Crippen molar-refractivity contribution in [2.24, 2.45) is 5.41 Å². The molecule has 2 aromatic carbocycles. The fourth-order valence-electron chi connectivity index (χ4n) is 14.2. The fraction of sp³-hybridized carbons (Fsp3) is 0.400. The number of rotatable bonds is 30. The van der Waals surface area contributed by atoms with Gasteiger partial charge in [-0.3, -0.25) is 4.79 Å². The number of nitrogens with zero attached hydrogens (tertiary/aromatic N) is 1. The minimum atomic E-state index is -1.42. The van der Waals surface area contributed by atoms with E-state index in [2.05, 4.69) is 17.5 Å². The van der Waals surface area contributed by atoms with Crippen molar-refractivity contribution in [1.82, 2.24) is 10.2 Å². The largest absolute Gasteiger partial charge is 0.507 e. The molecule has 0 bridgehead atoms. The lowest BCUT2D eigenvalue weighted by Crippen LogP contribution is -2.96. The number of carbonyl (C=O) groups is 1. The third kappa shape index (κ3) is 20.0. The van der Waals surface area contributed by atoms with Crippen LogP contribution in [0.3, 0.4) is 0 Å². The third-order valence-corrected chi connectivity index (χ3v) is 17.8.